The molecule has 2 unspecified atom stereocenters. The Morgan fingerprint density at radius 1 is 1.24 bits per heavy atom. The van der Waals surface area contributed by atoms with Gasteiger partial charge in [-0.05, 0) is 46.5 Å². The third-order valence-electron chi connectivity index (χ3n) is 6.60. The zero-order chi connectivity index (χ0) is 21.6. The lowest BCUT2D eigenvalue weighted by molar-refractivity contribution is -0.148. The molecule has 2 bridgehead atoms. The zero-order valence-electron chi connectivity index (χ0n) is 18.2. The van der Waals surface area contributed by atoms with Gasteiger partial charge < -0.3 is 25.4 Å². The molecule has 3 heterocycles. The molecule has 0 aromatic rings. The van der Waals surface area contributed by atoms with Gasteiger partial charge in [0.2, 0.25) is 17.7 Å². The first-order chi connectivity index (χ1) is 13.6. The second-order valence-corrected chi connectivity index (χ2v) is 9.62. The maximum Gasteiger partial charge on any atom is 0.246 e. The number of aliphatic hydroxyl groups excluding tert-OH is 1. The number of rotatable bonds is 7. The first kappa shape index (κ1) is 22.0. The summed E-state index contributed by atoms with van der Waals surface area (Å²) >= 11 is 0. The first-order valence-corrected chi connectivity index (χ1v) is 10.8. The second-order valence-electron chi connectivity index (χ2n) is 9.62. The Morgan fingerprint density at radius 2 is 1.93 bits per heavy atom. The molecule has 5 atom stereocenters. The molecule has 3 rings (SSSR count). The quantitative estimate of drug-likeness (QED) is 0.570. The van der Waals surface area contributed by atoms with Crippen molar-refractivity contribution < 1.29 is 24.2 Å². The minimum atomic E-state index is -1.02. The van der Waals surface area contributed by atoms with Crippen molar-refractivity contribution in [3.8, 4) is 0 Å². The van der Waals surface area contributed by atoms with Crippen molar-refractivity contribution in [1.82, 2.24) is 15.5 Å². The number of hydrogen-bond acceptors (Lipinski definition) is 5. The summed E-state index contributed by atoms with van der Waals surface area (Å²) in [5.41, 5.74) is -2.22. The summed E-state index contributed by atoms with van der Waals surface area (Å²) in [6, 6.07) is -0.844. The number of nitrogens with zero attached hydrogens (tertiary/aromatic N) is 1. The van der Waals surface area contributed by atoms with Crippen molar-refractivity contribution in [3.63, 3.8) is 0 Å². The van der Waals surface area contributed by atoms with Crippen LogP contribution in [-0.2, 0) is 19.1 Å². The third kappa shape index (κ3) is 3.34. The lowest BCUT2D eigenvalue weighted by Crippen LogP contribution is -2.58. The molecule has 8 heteroatoms. The van der Waals surface area contributed by atoms with Crippen molar-refractivity contribution in [3.05, 3.63) is 0 Å². The van der Waals surface area contributed by atoms with E-state index in [0.717, 1.165) is 6.42 Å². The van der Waals surface area contributed by atoms with E-state index >= 15 is 0 Å². The Balaban J connectivity index is 2.04. The van der Waals surface area contributed by atoms with Gasteiger partial charge in [-0.3, -0.25) is 14.4 Å². The molecule has 164 valence electrons. The molecule has 1 spiro atoms. The van der Waals surface area contributed by atoms with Crippen molar-refractivity contribution in [2.75, 3.05) is 19.7 Å². The fourth-order valence-corrected chi connectivity index (χ4v) is 5.56. The average Bonchev–Trinajstić information content (AvgIpc) is 3.23. The molecular weight excluding hydrogens is 374 g/mol. The van der Waals surface area contributed by atoms with Gasteiger partial charge >= 0.3 is 0 Å². The first-order valence-electron chi connectivity index (χ1n) is 10.8. The van der Waals surface area contributed by atoms with E-state index in [-0.39, 0.29) is 30.9 Å². The summed E-state index contributed by atoms with van der Waals surface area (Å²) < 4.78 is 6.56. The van der Waals surface area contributed by atoms with Crippen LogP contribution in [0.3, 0.4) is 0 Å². The van der Waals surface area contributed by atoms with Crippen LogP contribution in [0.2, 0.25) is 0 Å². The number of carbonyl (C=O) groups excluding carboxylic acids is 3. The minimum Gasteiger partial charge on any atom is -0.395 e. The second kappa shape index (κ2) is 7.54. The number of hydrogen-bond donors (Lipinski definition) is 3. The van der Waals surface area contributed by atoms with E-state index < -0.39 is 34.6 Å². The Bertz CT molecular complexity index is 690. The van der Waals surface area contributed by atoms with Gasteiger partial charge in [-0.2, -0.15) is 0 Å². The van der Waals surface area contributed by atoms with E-state index in [9.17, 15) is 19.5 Å². The van der Waals surface area contributed by atoms with E-state index in [2.05, 4.69) is 10.6 Å². The van der Waals surface area contributed by atoms with Crippen molar-refractivity contribution in [1.29, 1.82) is 0 Å². The third-order valence-corrected chi connectivity index (χ3v) is 6.60. The van der Waals surface area contributed by atoms with Crippen LogP contribution in [0.4, 0.5) is 0 Å². The lowest BCUT2D eigenvalue weighted by Gasteiger charge is -2.35. The highest BCUT2D eigenvalue weighted by Gasteiger charge is 2.78. The maximum absolute atomic E-state index is 13.5. The van der Waals surface area contributed by atoms with Gasteiger partial charge in [-0.1, -0.05) is 13.8 Å². The minimum absolute atomic E-state index is 0.0467. The number of likely N-dealkylation sites (tertiary alicyclic amines) is 1. The molecule has 3 saturated heterocycles. The van der Waals surface area contributed by atoms with E-state index in [1.165, 1.54) is 4.90 Å². The molecule has 29 heavy (non-hydrogen) atoms. The van der Waals surface area contributed by atoms with Gasteiger partial charge in [-0.15, -0.1) is 0 Å². The molecule has 0 radical (unpaired) electrons. The van der Waals surface area contributed by atoms with Crippen LogP contribution in [0, 0.1) is 11.8 Å². The van der Waals surface area contributed by atoms with Gasteiger partial charge in [-0.25, -0.2) is 0 Å². The van der Waals surface area contributed by atoms with E-state index in [1.807, 2.05) is 34.6 Å². The van der Waals surface area contributed by atoms with Crippen LogP contribution in [0.25, 0.3) is 0 Å². The normalized spacial score (nSPS) is 35.7. The standard InChI is InChI=1S/C21H35N3O5/c1-6-10-22-16(26)13-14-18(28)24(11-12-25)15(17(27)23-19(3,4)5)21(14)9-8-20(13,7-2)29-21/h13-15,25H,6-12H2,1-5H3,(H,22,26)(H,23,27)/t13-,14-,15?,20+,21?/m0/s1. The van der Waals surface area contributed by atoms with E-state index in [1.54, 1.807) is 0 Å². The fraction of sp³-hybridized carbons (Fsp3) is 0.857. The molecule has 3 fully saturated rings. The van der Waals surface area contributed by atoms with E-state index in [4.69, 9.17) is 4.74 Å². The van der Waals surface area contributed by atoms with Crippen molar-refractivity contribution in [2.45, 2.75) is 83.1 Å². The molecule has 3 aliphatic rings. The molecule has 0 aromatic heterocycles. The average molecular weight is 410 g/mol. The molecule has 0 saturated carbocycles. The number of ether oxygens (including phenoxy) is 1. The molecule has 8 nitrogen and oxygen atoms in total. The van der Waals surface area contributed by atoms with Crippen LogP contribution in [-0.4, -0.2) is 70.2 Å². The van der Waals surface area contributed by atoms with Gasteiger partial charge in [0.15, 0.2) is 0 Å². The number of amides is 3. The summed E-state index contributed by atoms with van der Waals surface area (Å²) in [6.45, 7) is 9.94. The van der Waals surface area contributed by atoms with Gasteiger partial charge in [0.1, 0.15) is 11.6 Å². The fourth-order valence-electron chi connectivity index (χ4n) is 5.56. The number of aliphatic hydroxyl groups is 1. The SMILES string of the molecule is CCCNC(=O)[C@@H]1[C@H]2C(=O)N(CCO)C(C(=O)NC(C)(C)C)C23CC[C@@]1(CC)O3. The number of nitrogens with one attached hydrogen (secondary N) is 2. The molecule has 3 aliphatic heterocycles. The van der Waals surface area contributed by atoms with Crippen LogP contribution in [0.1, 0.15) is 60.3 Å². The molecule has 3 N–H and O–H groups in total. The van der Waals surface area contributed by atoms with Crippen molar-refractivity contribution >= 4 is 17.7 Å². The summed E-state index contributed by atoms with van der Waals surface area (Å²) in [4.78, 5) is 41.3. The highest BCUT2D eigenvalue weighted by atomic mass is 16.5. The zero-order valence-corrected chi connectivity index (χ0v) is 18.2. The van der Waals surface area contributed by atoms with Crippen molar-refractivity contribution in [2.24, 2.45) is 11.8 Å². The largest absolute Gasteiger partial charge is 0.395 e. The van der Waals surface area contributed by atoms with Crippen LogP contribution in [0.5, 0.6) is 0 Å². The Kier molecular flexibility index (Phi) is 5.73. The number of carbonyl (C=O) groups is 3. The van der Waals surface area contributed by atoms with Gasteiger partial charge in [0.05, 0.1) is 24.0 Å². The molecule has 0 aromatic carbocycles. The Labute approximate surface area is 172 Å². The molecule has 3 amide bonds. The summed E-state index contributed by atoms with van der Waals surface area (Å²) in [5, 5.41) is 15.5. The predicted molar refractivity (Wildman–Crippen MR) is 107 cm³/mol. The summed E-state index contributed by atoms with van der Waals surface area (Å²) in [5.74, 6) is -2.04. The topological polar surface area (TPSA) is 108 Å². The van der Waals surface area contributed by atoms with Crippen LogP contribution < -0.4 is 10.6 Å². The smallest absolute Gasteiger partial charge is 0.246 e. The van der Waals surface area contributed by atoms with Gasteiger partial charge in [0, 0.05) is 18.6 Å². The monoisotopic (exact) mass is 409 g/mol. The summed E-state index contributed by atoms with van der Waals surface area (Å²) in [7, 11) is 0. The highest BCUT2D eigenvalue weighted by molar-refractivity contribution is 5.99. The van der Waals surface area contributed by atoms with Crippen LogP contribution >= 0.6 is 0 Å². The predicted octanol–water partition coefficient (Wildman–Crippen LogP) is 0.574. The van der Waals surface area contributed by atoms with Crippen LogP contribution in [0.15, 0.2) is 0 Å². The lowest BCUT2D eigenvalue weighted by atomic mass is 9.65. The maximum atomic E-state index is 13.5. The Morgan fingerprint density at radius 3 is 2.48 bits per heavy atom. The summed E-state index contributed by atoms with van der Waals surface area (Å²) in [6.07, 6.45) is 2.61. The highest BCUT2D eigenvalue weighted by Crippen LogP contribution is 2.64. The molecule has 0 aliphatic carbocycles. The molecular formula is C21H35N3O5. The number of fused-ring (bicyclic) bond motifs is 1. The van der Waals surface area contributed by atoms with E-state index in [0.29, 0.717) is 25.8 Å². The van der Waals surface area contributed by atoms with Gasteiger partial charge in [0.25, 0.3) is 0 Å². The Hall–Kier alpha value is -1.67. The number of β-amino-alcohol motifs (C(OH)–C–C–N with tert-alkyl or cyclic N) is 1.